The number of aromatic nitrogens is 2. The van der Waals surface area contributed by atoms with Crippen molar-refractivity contribution in [3.8, 4) is 0 Å². The molecule has 1 aromatic carbocycles. The minimum atomic E-state index is -0.305. The van der Waals surface area contributed by atoms with Crippen LogP contribution in [0.4, 0.5) is 0 Å². The molecule has 1 aliphatic heterocycles. The van der Waals surface area contributed by atoms with E-state index in [-0.39, 0.29) is 29.4 Å². The molecule has 1 fully saturated rings. The lowest BCUT2D eigenvalue weighted by Crippen LogP contribution is -2.51. The molecule has 34 heavy (non-hydrogen) atoms. The summed E-state index contributed by atoms with van der Waals surface area (Å²) < 4.78 is 11.3. The molecule has 0 radical (unpaired) electrons. The van der Waals surface area contributed by atoms with Gasteiger partial charge < -0.3 is 19.5 Å². The first-order valence-electron chi connectivity index (χ1n) is 11.5. The minimum Gasteiger partial charge on any atom is -0.378 e. The molecule has 3 heterocycles. The van der Waals surface area contributed by atoms with Crippen molar-refractivity contribution in [2.45, 2.75) is 44.2 Å². The van der Waals surface area contributed by atoms with E-state index in [2.05, 4.69) is 27.6 Å². The number of rotatable bonds is 4. The van der Waals surface area contributed by atoms with Gasteiger partial charge in [-0.15, -0.1) is 0 Å². The van der Waals surface area contributed by atoms with Gasteiger partial charge in [0.2, 0.25) is 0 Å². The summed E-state index contributed by atoms with van der Waals surface area (Å²) in [6.45, 7) is 4.72. The summed E-state index contributed by atoms with van der Waals surface area (Å²) in [5.41, 5.74) is 3.47. The Bertz CT molecular complexity index is 1200. The second kappa shape index (κ2) is 8.68. The Labute approximate surface area is 198 Å². The fourth-order valence-electron chi connectivity index (χ4n) is 5.69. The molecule has 8 heteroatoms. The molecule has 1 N–H and O–H groups in total. The number of piperidine rings is 1. The first kappa shape index (κ1) is 22.3. The molecule has 3 aromatic rings. The number of aryl methyl sites for hydroxylation is 2. The highest BCUT2D eigenvalue weighted by molar-refractivity contribution is 5.96. The van der Waals surface area contributed by atoms with Crippen molar-refractivity contribution < 1.29 is 18.8 Å². The third kappa shape index (κ3) is 3.49. The molecule has 2 amide bonds. The summed E-state index contributed by atoms with van der Waals surface area (Å²) in [6, 6.07) is 13.2. The molecule has 5 rings (SSSR count). The third-order valence-corrected chi connectivity index (χ3v) is 7.31. The lowest BCUT2D eigenvalue weighted by molar-refractivity contribution is -0.00935. The molecule has 2 aromatic heterocycles. The lowest BCUT2D eigenvalue weighted by atomic mass is 9.71. The van der Waals surface area contributed by atoms with Gasteiger partial charge in [-0.3, -0.25) is 14.6 Å². The molecular formula is C26H28N4O4. The monoisotopic (exact) mass is 460 g/mol. The van der Waals surface area contributed by atoms with Gasteiger partial charge in [-0.25, -0.2) is 0 Å². The second-order valence-corrected chi connectivity index (χ2v) is 9.06. The van der Waals surface area contributed by atoms with Crippen molar-refractivity contribution in [1.29, 1.82) is 0 Å². The fourth-order valence-corrected chi connectivity index (χ4v) is 5.69. The highest BCUT2D eigenvalue weighted by atomic mass is 16.5. The third-order valence-electron chi connectivity index (χ3n) is 7.31. The summed E-state index contributed by atoms with van der Waals surface area (Å²) in [7, 11) is 1.69. The van der Waals surface area contributed by atoms with E-state index in [9.17, 15) is 9.59 Å². The molecule has 8 nitrogen and oxygen atoms in total. The van der Waals surface area contributed by atoms with E-state index >= 15 is 0 Å². The normalized spacial score (nSPS) is 20.9. The van der Waals surface area contributed by atoms with E-state index in [4.69, 9.17) is 9.26 Å². The fraction of sp³-hybridized carbons (Fsp3) is 0.385. The molecule has 2 atom stereocenters. The zero-order valence-electron chi connectivity index (χ0n) is 19.6. The van der Waals surface area contributed by atoms with Crippen molar-refractivity contribution in [3.63, 3.8) is 0 Å². The smallest absolute Gasteiger partial charge is 0.270 e. The number of nitrogens with zero attached hydrogens (tertiary/aromatic N) is 3. The number of carbonyl (C=O) groups is 2. The number of methoxy groups -OCH3 is 1. The van der Waals surface area contributed by atoms with Crippen LogP contribution < -0.4 is 5.32 Å². The quantitative estimate of drug-likeness (QED) is 0.641. The van der Waals surface area contributed by atoms with Gasteiger partial charge in [0.25, 0.3) is 11.8 Å². The molecule has 0 unspecified atom stereocenters. The average Bonchev–Trinajstić information content (AvgIpc) is 3.33. The molecule has 1 saturated heterocycles. The maximum absolute atomic E-state index is 13.2. The van der Waals surface area contributed by atoms with Gasteiger partial charge in [0.05, 0.1) is 17.8 Å². The number of likely N-dealkylation sites (tertiary alicyclic amines) is 1. The molecule has 0 bridgehead atoms. The summed E-state index contributed by atoms with van der Waals surface area (Å²) in [6.07, 6.45) is 2.81. The molecule has 1 spiro atoms. The predicted molar refractivity (Wildman–Crippen MR) is 124 cm³/mol. The van der Waals surface area contributed by atoms with Crippen LogP contribution in [-0.4, -0.2) is 53.2 Å². The zero-order valence-corrected chi connectivity index (χ0v) is 19.6. The van der Waals surface area contributed by atoms with Crippen LogP contribution >= 0.6 is 0 Å². The number of amides is 2. The molecule has 0 saturated carbocycles. The van der Waals surface area contributed by atoms with Crippen molar-refractivity contribution in [1.82, 2.24) is 20.4 Å². The number of fused-ring (bicyclic) bond motifs is 2. The van der Waals surface area contributed by atoms with Crippen LogP contribution in [0.25, 0.3) is 0 Å². The Kier molecular flexibility index (Phi) is 5.69. The van der Waals surface area contributed by atoms with E-state index in [1.54, 1.807) is 45.4 Å². The van der Waals surface area contributed by atoms with Gasteiger partial charge in [0, 0.05) is 31.8 Å². The number of benzene rings is 1. The van der Waals surface area contributed by atoms with E-state index in [1.807, 2.05) is 17.0 Å². The first-order valence-corrected chi connectivity index (χ1v) is 11.5. The molecule has 2 aliphatic rings. The summed E-state index contributed by atoms with van der Waals surface area (Å²) in [4.78, 5) is 32.2. The summed E-state index contributed by atoms with van der Waals surface area (Å²) in [5, 5.41) is 7.10. The largest absolute Gasteiger partial charge is 0.378 e. The van der Waals surface area contributed by atoms with Gasteiger partial charge in [-0.2, -0.15) is 0 Å². The maximum Gasteiger partial charge on any atom is 0.270 e. The topological polar surface area (TPSA) is 97.6 Å². The van der Waals surface area contributed by atoms with Crippen LogP contribution in [0, 0.1) is 13.8 Å². The highest BCUT2D eigenvalue weighted by Crippen LogP contribution is 2.52. The minimum absolute atomic E-state index is 0.0497. The number of hydrogen-bond acceptors (Lipinski definition) is 6. The van der Waals surface area contributed by atoms with Crippen LogP contribution in [0.5, 0.6) is 0 Å². The van der Waals surface area contributed by atoms with Crippen molar-refractivity contribution in [2.24, 2.45) is 0 Å². The lowest BCUT2D eigenvalue weighted by Gasteiger charge is -2.44. The van der Waals surface area contributed by atoms with Gasteiger partial charge in [-0.05, 0) is 49.9 Å². The van der Waals surface area contributed by atoms with Crippen LogP contribution in [0.1, 0.15) is 62.3 Å². The van der Waals surface area contributed by atoms with Crippen molar-refractivity contribution in [2.75, 3.05) is 20.2 Å². The molecular weight excluding hydrogens is 432 g/mol. The van der Waals surface area contributed by atoms with Gasteiger partial charge >= 0.3 is 0 Å². The number of nitrogens with one attached hydrogen (secondary N) is 1. The average molecular weight is 461 g/mol. The first-order chi connectivity index (χ1) is 16.5. The van der Waals surface area contributed by atoms with Crippen molar-refractivity contribution >= 4 is 11.8 Å². The second-order valence-electron chi connectivity index (χ2n) is 9.06. The van der Waals surface area contributed by atoms with Crippen LogP contribution in [-0.2, 0) is 10.2 Å². The van der Waals surface area contributed by atoms with Crippen LogP contribution in [0.15, 0.2) is 53.2 Å². The summed E-state index contributed by atoms with van der Waals surface area (Å²) in [5.74, 6) is 0.262. The summed E-state index contributed by atoms with van der Waals surface area (Å²) >= 11 is 0. The van der Waals surface area contributed by atoms with Gasteiger partial charge in [-0.1, -0.05) is 35.5 Å². The van der Waals surface area contributed by atoms with Gasteiger partial charge in [0.1, 0.15) is 17.0 Å². The van der Waals surface area contributed by atoms with Crippen LogP contribution in [0.2, 0.25) is 0 Å². The van der Waals surface area contributed by atoms with Crippen LogP contribution in [0.3, 0.4) is 0 Å². The Balaban J connectivity index is 1.42. The van der Waals surface area contributed by atoms with Gasteiger partial charge in [0.15, 0.2) is 0 Å². The number of ether oxygens (including phenoxy) is 1. The molecule has 1 aliphatic carbocycles. The zero-order chi connectivity index (χ0) is 23.9. The highest BCUT2D eigenvalue weighted by Gasteiger charge is 2.54. The molecule has 176 valence electrons. The number of carbonyl (C=O) groups excluding carboxylic acids is 2. The van der Waals surface area contributed by atoms with E-state index in [0.717, 1.165) is 18.4 Å². The number of pyridine rings is 1. The van der Waals surface area contributed by atoms with Crippen molar-refractivity contribution in [3.05, 3.63) is 82.5 Å². The van der Waals surface area contributed by atoms with E-state index in [0.29, 0.717) is 35.8 Å². The SMILES string of the molecule is CO[C@H]1[C@H](NC(=O)c2ccccn2)c2ccccc2C12CCN(C(=O)c1c(C)noc1C)CC2. The van der Waals surface area contributed by atoms with E-state index in [1.165, 1.54) is 5.56 Å². The predicted octanol–water partition coefficient (Wildman–Crippen LogP) is 3.36. The Morgan fingerprint density at radius 1 is 1.12 bits per heavy atom. The standard InChI is InChI=1S/C26H28N4O4/c1-16-21(17(2)34-29-16)25(32)30-14-11-26(12-15-30)19-9-5-4-8-18(19)22(23(26)33-3)28-24(31)20-10-6-7-13-27-20/h4-10,13,22-23H,11-12,14-15H2,1-3H3,(H,28,31)/t22-,23+/m1/s1. The maximum atomic E-state index is 13.2. The Hall–Kier alpha value is -3.52. The van der Waals surface area contributed by atoms with E-state index < -0.39 is 0 Å². The number of hydrogen-bond donors (Lipinski definition) is 1. The Morgan fingerprint density at radius 3 is 2.50 bits per heavy atom. The Morgan fingerprint density at radius 2 is 1.85 bits per heavy atom.